The van der Waals surface area contributed by atoms with E-state index in [-0.39, 0.29) is 17.9 Å². The van der Waals surface area contributed by atoms with Crippen molar-refractivity contribution in [1.82, 2.24) is 10.3 Å². The lowest BCUT2D eigenvalue weighted by Gasteiger charge is -2.40. The Morgan fingerprint density at radius 3 is 2.62 bits per heavy atom. The molecule has 2 heterocycles. The number of rotatable bonds is 3. The number of hydrogen-bond donors (Lipinski definition) is 2. The van der Waals surface area contributed by atoms with Crippen LogP contribution in [-0.2, 0) is 6.18 Å². The molecule has 0 radical (unpaired) electrons. The van der Waals surface area contributed by atoms with Gasteiger partial charge in [-0.05, 0) is 47.1 Å². The third-order valence-corrected chi connectivity index (χ3v) is 4.62. The number of amides is 2. The summed E-state index contributed by atoms with van der Waals surface area (Å²) in [6.45, 7) is 2.33. The van der Waals surface area contributed by atoms with Crippen LogP contribution in [0.25, 0.3) is 0 Å². The first-order valence-electron chi connectivity index (χ1n) is 7.85. The van der Waals surface area contributed by atoms with Crippen molar-refractivity contribution in [3.05, 3.63) is 52.1 Å². The normalized spacial score (nSPS) is 14.7. The molecule has 1 aromatic carbocycles. The highest BCUT2D eigenvalue weighted by atomic mass is 79.9. The molecule has 1 saturated heterocycles. The van der Waals surface area contributed by atoms with Crippen molar-refractivity contribution in [2.45, 2.75) is 19.1 Å². The summed E-state index contributed by atoms with van der Waals surface area (Å²) >= 11 is 3.34. The van der Waals surface area contributed by atoms with Gasteiger partial charge in [0.15, 0.2) is 0 Å². The molecular weight excluding hydrogens is 413 g/mol. The Morgan fingerprint density at radius 2 is 1.96 bits per heavy atom. The summed E-state index contributed by atoms with van der Waals surface area (Å²) in [5.74, 6) is 0.265. The highest BCUT2D eigenvalue weighted by Gasteiger charge is 2.34. The third kappa shape index (κ3) is 4.27. The number of hydrogen-bond acceptors (Lipinski definition) is 3. The van der Waals surface area contributed by atoms with Gasteiger partial charge >= 0.3 is 12.2 Å². The van der Waals surface area contributed by atoms with Crippen LogP contribution in [0.1, 0.15) is 11.3 Å². The Morgan fingerprint density at radius 1 is 1.27 bits per heavy atom. The van der Waals surface area contributed by atoms with E-state index in [4.69, 9.17) is 0 Å². The average molecular weight is 429 g/mol. The van der Waals surface area contributed by atoms with Crippen molar-refractivity contribution < 1.29 is 18.0 Å². The highest BCUT2D eigenvalue weighted by molar-refractivity contribution is 9.10. The van der Waals surface area contributed by atoms with E-state index in [1.54, 1.807) is 17.0 Å². The summed E-state index contributed by atoms with van der Waals surface area (Å²) in [4.78, 5) is 17.9. The largest absolute Gasteiger partial charge is 0.416 e. The number of nitrogens with zero attached hydrogens (tertiary/aromatic N) is 2. The van der Waals surface area contributed by atoms with Crippen LogP contribution in [0.4, 0.5) is 29.5 Å². The summed E-state index contributed by atoms with van der Waals surface area (Å²) in [5, 5.41) is 5.51. The van der Waals surface area contributed by atoms with Crippen LogP contribution in [0.2, 0.25) is 0 Å². The highest BCUT2D eigenvalue weighted by Crippen LogP contribution is 2.32. The zero-order valence-corrected chi connectivity index (χ0v) is 15.4. The van der Waals surface area contributed by atoms with E-state index >= 15 is 0 Å². The van der Waals surface area contributed by atoms with Crippen molar-refractivity contribution >= 4 is 33.5 Å². The standard InChI is InChI=1S/C17H16BrF3N4O/c1-10-6-11(17(19,20)21)7-15(22-10)25-8-12(9-25)23-16(26)24-14-5-3-2-4-13(14)18/h2-7,12H,8-9H2,1H3,(H2,23,24,26). The van der Waals surface area contributed by atoms with E-state index < -0.39 is 11.7 Å². The predicted octanol–water partition coefficient (Wildman–Crippen LogP) is 4.18. The molecule has 5 nitrogen and oxygen atoms in total. The van der Waals surface area contributed by atoms with E-state index in [9.17, 15) is 18.0 Å². The predicted molar refractivity (Wildman–Crippen MR) is 96.3 cm³/mol. The number of pyridine rings is 1. The van der Waals surface area contributed by atoms with E-state index in [2.05, 4.69) is 31.5 Å². The maximum absolute atomic E-state index is 12.9. The molecule has 0 spiro atoms. The van der Waals surface area contributed by atoms with Crippen LogP contribution in [0.15, 0.2) is 40.9 Å². The molecule has 0 saturated carbocycles. The molecule has 1 aliphatic heterocycles. The minimum absolute atomic E-state index is 0.158. The first-order chi connectivity index (χ1) is 12.2. The molecule has 2 amide bonds. The van der Waals surface area contributed by atoms with Crippen molar-refractivity contribution in [1.29, 1.82) is 0 Å². The summed E-state index contributed by atoms with van der Waals surface area (Å²) in [5.41, 5.74) is 0.220. The minimum atomic E-state index is -4.41. The van der Waals surface area contributed by atoms with Crippen LogP contribution in [0.5, 0.6) is 0 Å². The van der Waals surface area contributed by atoms with E-state index in [0.717, 1.165) is 16.6 Å². The zero-order valence-electron chi connectivity index (χ0n) is 13.8. The lowest BCUT2D eigenvalue weighted by atomic mass is 10.1. The van der Waals surface area contributed by atoms with Gasteiger partial charge in [-0.3, -0.25) is 0 Å². The first kappa shape index (κ1) is 18.5. The van der Waals surface area contributed by atoms with Gasteiger partial charge in [0.25, 0.3) is 0 Å². The molecule has 0 bridgehead atoms. The monoisotopic (exact) mass is 428 g/mol. The molecule has 1 aliphatic rings. The molecule has 0 atom stereocenters. The SMILES string of the molecule is Cc1cc(C(F)(F)F)cc(N2CC(NC(=O)Nc3ccccc3Br)C2)n1. The number of alkyl halides is 3. The molecule has 2 N–H and O–H groups in total. The van der Waals surface area contributed by atoms with Gasteiger partial charge in [-0.25, -0.2) is 9.78 Å². The fourth-order valence-corrected chi connectivity index (χ4v) is 3.02. The number of aromatic nitrogens is 1. The van der Waals surface area contributed by atoms with Crippen LogP contribution >= 0.6 is 15.9 Å². The lowest BCUT2D eigenvalue weighted by Crippen LogP contribution is -2.60. The molecule has 2 aromatic rings. The first-order valence-corrected chi connectivity index (χ1v) is 8.64. The number of halogens is 4. The smallest absolute Gasteiger partial charge is 0.352 e. The van der Waals surface area contributed by atoms with Crippen LogP contribution in [-0.4, -0.2) is 30.1 Å². The molecule has 3 rings (SSSR count). The summed E-state index contributed by atoms with van der Waals surface area (Å²) in [6.07, 6.45) is -4.41. The van der Waals surface area contributed by atoms with Gasteiger partial charge in [0.1, 0.15) is 5.82 Å². The van der Waals surface area contributed by atoms with E-state index in [1.807, 2.05) is 12.1 Å². The van der Waals surface area contributed by atoms with Crippen molar-refractivity contribution in [2.24, 2.45) is 0 Å². The maximum Gasteiger partial charge on any atom is 0.416 e. The number of anilines is 2. The fourth-order valence-electron chi connectivity index (χ4n) is 2.64. The second kappa shape index (κ2) is 7.14. The Labute approximate surface area is 156 Å². The van der Waals surface area contributed by atoms with Crippen LogP contribution < -0.4 is 15.5 Å². The summed E-state index contributed by atoms with van der Waals surface area (Å²) in [6, 6.07) is 8.72. The second-order valence-corrected chi connectivity index (χ2v) is 6.89. The number of nitrogens with one attached hydrogen (secondary N) is 2. The number of para-hydroxylation sites is 1. The molecule has 26 heavy (non-hydrogen) atoms. The lowest BCUT2D eigenvalue weighted by molar-refractivity contribution is -0.137. The molecule has 1 aromatic heterocycles. The number of carbonyl (C=O) groups is 1. The van der Waals surface area contributed by atoms with Crippen molar-refractivity contribution in [3.63, 3.8) is 0 Å². The maximum atomic E-state index is 12.9. The minimum Gasteiger partial charge on any atom is -0.352 e. The quantitative estimate of drug-likeness (QED) is 0.770. The Hall–Kier alpha value is -2.29. The molecule has 138 valence electrons. The molecule has 0 aliphatic carbocycles. The zero-order chi connectivity index (χ0) is 18.9. The molecule has 0 unspecified atom stereocenters. The van der Waals surface area contributed by atoms with Gasteiger partial charge in [0, 0.05) is 23.3 Å². The Kier molecular flexibility index (Phi) is 5.08. The fraction of sp³-hybridized carbons (Fsp3) is 0.294. The van der Waals surface area contributed by atoms with Gasteiger partial charge in [0.05, 0.1) is 17.3 Å². The van der Waals surface area contributed by atoms with Gasteiger partial charge in [-0.2, -0.15) is 13.2 Å². The molecule has 9 heteroatoms. The van der Waals surface area contributed by atoms with Crippen molar-refractivity contribution in [3.8, 4) is 0 Å². The van der Waals surface area contributed by atoms with E-state index in [1.165, 1.54) is 6.92 Å². The third-order valence-electron chi connectivity index (χ3n) is 3.93. The van der Waals surface area contributed by atoms with Gasteiger partial charge in [-0.1, -0.05) is 12.1 Å². The van der Waals surface area contributed by atoms with Gasteiger partial charge < -0.3 is 15.5 Å². The summed E-state index contributed by atoms with van der Waals surface area (Å²) in [7, 11) is 0. The van der Waals surface area contributed by atoms with Crippen LogP contribution in [0, 0.1) is 6.92 Å². The topological polar surface area (TPSA) is 57.3 Å². The van der Waals surface area contributed by atoms with Crippen molar-refractivity contribution in [2.75, 3.05) is 23.3 Å². The Balaban J connectivity index is 1.57. The van der Waals surface area contributed by atoms with Crippen LogP contribution in [0.3, 0.4) is 0 Å². The Bertz CT molecular complexity index is 822. The van der Waals surface area contributed by atoms with Gasteiger partial charge in [-0.15, -0.1) is 0 Å². The van der Waals surface area contributed by atoms with E-state index in [0.29, 0.717) is 24.5 Å². The van der Waals surface area contributed by atoms with Gasteiger partial charge in [0.2, 0.25) is 0 Å². The molecular formula is C17H16BrF3N4O. The summed E-state index contributed by atoms with van der Waals surface area (Å²) < 4.78 is 39.5. The number of carbonyl (C=O) groups excluding carboxylic acids is 1. The number of benzene rings is 1. The second-order valence-electron chi connectivity index (χ2n) is 6.03. The number of aryl methyl sites for hydroxylation is 1. The number of urea groups is 1. The average Bonchev–Trinajstić information content (AvgIpc) is 2.51. The molecule has 1 fully saturated rings.